The normalized spacial score (nSPS) is 14.2. The van der Waals surface area contributed by atoms with E-state index in [1.807, 2.05) is 80.9 Å². The SMILES string of the molecule is Cc1nn(CC2=COC(C)(C)O2)c(C)c1-c1cccc2c(CCCOc3cccc4ccccc34)c(C(=O)O)[nH]c12. The van der Waals surface area contributed by atoms with Crippen molar-refractivity contribution in [2.75, 3.05) is 6.61 Å². The number of benzene rings is 3. The van der Waals surface area contributed by atoms with Crippen LogP contribution in [-0.2, 0) is 22.4 Å². The first-order valence-corrected chi connectivity index (χ1v) is 13.8. The number of rotatable bonds is 9. The largest absolute Gasteiger partial charge is 0.493 e. The van der Waals surface area contributed by atoms with E-state index in [1.54, 1.807) is 6.26 Å². The van der Waals surface area contributed by atoms with Gasteiger partial charge in [0.05, 0.1) is 17.8 Å². The van der Waals surface area contributed by atoms with Crippen LogP contribution >= 0.6 is 0 Å². The Morgan fingerprint density at radius 3 is 2.59 bits per heavy atom. The van der Waals surface area contributed by atoms with Gasteiger partial charge in [-0.15, -0.1) is 0 Å². The zero-order valence-electron chi connectivity index (χ0n) is 23.7. The molecule has 0 saturated carbocycles. The van der Waals surface area contributed by atoms with Gasteiger partial charge in [0, 0.05) is 41.4 Å². The second-order valence-corrected chi connectivity index (χ2v) is 10.8. The Kier molecular flexibility index (Phi) is 6.69. The lowest BCUT2D eigenvalue weighted by molar-refractivity contribution is -0.118. The van der Waals surface area contributed by atoms with E-state index in [2.05, 4.69) is 17.1 Å². The summed E-state index contributed by atoms with van der Waals surface area (Å²) in [5, 5.41) is 17.9. The summed E-state index contributed by atoms with van der Waals surface area (Å²) < 4.78 is 19.5. The van der Waals surface area contributed by atoms with E-state index in [-0.39, 0.29) is 5.69 Å². The summed E-state index contributed by atoms with van der Waals surface area (Å²) in [5.74, 6) is -0.131. The van der Waals surface area contributed by atoms with Crippen LogP contribution < -0.4 is 4.74 Å². The van der Waals surface area contributed by atoms with Crippen molar-refractivity contribution in [2.45, 2.75) is 52.9 Å². The number of ether oxygens (including phenoxy) is 3. The van der Waals surface area contributed by atoms with Crippen molar-refractivity contribution < 1.29 is 24.1 Å². The highest BCUT2D eigenvalue weighted by atomic mass is 16.7. The number of para-hydroxylation sites is 1. The molecule has 6 rings (SSSR count). The standard InChI is InChI=1S/C33H33N3O5/c1-20-29(21(2)36(35-20)18-23-19-40-33(3,4)41-23)27-14-8-13-25-26(31(32(37)38)34-30(25)27)15-9-17-39-28-16-7-11-22-10-5-6-12-24(22)28/h5-8,10-14,16,19,34H,9,15,17-18H2,1-4H3,(H,37,38). The molecule has 41 heavy (non-hydrogen) atoms. The second-order valence-electron chi connectivity index (χ2n) is 10.8. The van der Waals surface area contributed by atoms with Crippen molar-refractivity contribution in [1.29, 1.82) is 0 Å². The minimum absolute atomic E-state index is 0.212. The maximum atomic E-state index is 12.3. The number of H-pyrrole nitrogens is 1. The zero-order valence-corrected chi connectivity index (χ0v) is 23.7. The molecular weight excluding hydrogens is 518 g/mol. The smallest absolute Gasteiger partial charge is 0.352 e. The summed E-state index contributed by atoms with van der Waals surface area (Å²) >= 11 is 0. The highest BCUT2D eigenvalue weighted by Gasteiger charge is 2.29. The van der Waals surface area contributed by atoms with Gasteiger partial charge in [-0.3, -0.25) is 4.68 Å². The molecule has 0 radical (unpaired) electrons. The summed E-state index contributed by atoms with van der Waals surface area (Å²) in [6.45, 7) is 8.63. The summed E-state index contributed by atoms with van der Waals surface area (Å²) in [6.07, 6.45) is 2.87. The van der Waals surface area contributed by atoms with Gasteiger partial charge in [-0.2, -0.15) is 5.10 Å². The van der Waals surface area contributed by atoms with E-state index in [4.69, 9.17) is 19.3 Å². The number of allylic oxidation sites excluding steroid dienone is 1. The molecule has 0 unspecified atom stereocenters. The molecule has 1 aliphatic heterocycles. The molecule has 0 fully saturated rings. The Hall–Kier alpha value is -4.72. The predicted molar refractivity (Wildman–Crippen MR) is 158 cm³/mol. The molecule has 3 aromatic carbocycles. The maximum absolute atomic E-state index is 12.3. The number of carboxylic acid groups (broad SMARTS) is 1. The molecule has 3 heterocycles. The van der Waals surface area contributed by atoms with E-state index in [0.29, 0.717) is 31.8 Å². The lowest BCUT2D eigenvalue weighted by Gasteiger charge is -2.18. The Bertz CT molecular complexity index is 1810. The van der Waals surface area contributed by atoms with Crippen LogP contribution in [0, 0.1) is 13.8 Å². The second kappa shape index (κ2) is 10.4. The number of aromatic nitrogens is 3. The molecule has 2 N–H and O–H groups in total. The number of aryl methyl sites for hydroxylation is 2. The number of carbonyl (C=O) groups is 1. The number of fused-ring (bicyclic) bond motifs is 2. The number of aromatic carboxylic acids is 1. The Labute approximate surface area is 238 Å². The first kappa shape index (κ1) is 26.5. The Balaban J connectivity index is 1.27. The van der Waals surface area contributed by atoms with Crippen LogP contribution in [0.4, 0.5) is 0 Å². The molecule has 0 spiro atoms. The van der Waals surface area contributed by atoms with Gasteiger partial charge in [-0.25, -0.2) is 4.79 Å². The molecule has 8 heteroatoms. The lowest BCUT2D eigenvalue weighted by Crippen LogP contribution is -2.21. The average Bonchev–Trinajstić information content (AvgIpc) is 3.58. The molecule has 210 valence electrons. The predicted octanol–water partition coefficient (Wildman–Crippen LogP) is 7.14. The van der Waals surface area contributed by atoms with Crippen LogP contribution in [0.3, 0.4) is 0 Å². The number of nitrogens with zero attached hydrogens (tertiary/aromatic N) is 2. The molecular formula is C33H33N3O5. The van der Waals surface area contributed by atoms with Crippen molar-refractivity contribution in [3.63, 3.8) is 0 Å². The minimum Gasteiger partial charge on any atom is -0.493 e. The van der Waals surface area contributed by atoms with Crippen molar-refractivity contribution in [1.82, 2.24) is 14.8 Å². The molecule has 5 aromatic rings. The molecule has 8 nitrogen and oxygen atoms in total. The van der Waals surface area contributed by atoms with Gasteiger partial charge in [-0.1, -0.05) is 54.6 Å². The molecule has 0 aliphatic carbocycles. The van der Waals surface area contributed by atoms with Crippen molar-refractivity contribution in [3.8, 4) is 16.9 Å². The number of hydrogen-bond donors (Lipinski definition) is 2. The van der Waals surface area contributed by atoms with Crippen LogP contribution in [0.25, 0.3) is 32.8 Å². The fourth-order valence-corrected chi connectivity index (χ4v) is 5.71. The Morgan fingerprint density at radius 2 is 1.80 bits per heavy atom. The van der Waals surface area contributed by atoms with Gasteiger partial charge in [0.15, 0.2) is 5.76 Å². The van der Waals surface area contributed by atoms with E-state index in [0.717, 1.165) is 55.5 Å². The third-order valence-electron chi connectivity index (χ3n) is 7.54. The molecule has 0 amide bonds. The summed E-state index contributed by atoms with van der Waals surface area (Å²) in [5.41, 5.74) is 5.49. The topological polar surface area (TPSA) is 98.6 Å². The van der Waals surface area contributed by atoms with Gasteiger partial charge >= 0.3 is 5.97 Å². The monoisotopic (exact) mass is 551 g/mol. The molecule has 0 atom stereocenters. The fraction of sp³-hybridized carbons (Fsp3) is 0.273. The van der Waals surface area contributed by atoms with E-state index < -0.39 is 11.8 Å². The van der Waals surface area contributed by atoms with Gasteiger partial charge in [-0.05, 0) is 43.7 Å². The highest BCUT2D eigenvalue weighted by molar-refractivity contribution is 6.03. The summed E-state index contributed by atoms with van der Waals surface area (Å²) in [7, 11) is 0. The third-order valence-corrected chi connectivity index (χ3v) is 7.54. The average molecular weight is 552 g/mol. The molecule has 2 aromatic heterocycles. The third kappa shape index (κ3) is 5.01. The molecule has 0 saturated heterocycles. The van der Waals surface area contributed by atoms with Crippen LogP contribution in [0.15, 0.2) is 72.7 Å². The first-order chi connectivity index (χ1) is 19.7. The first-order valence-electron chi connectivity index (χ1n) is 13.8. The van der Waals surface area contributed by atoms with Crippen molar-refractivity contribution >= 4 is 27.6 Å². The van der Waals surface area contributed by atoms with Crippen molar-refractivity contribution in [2.24, 2.45) is 0 Å². The van der Waals surface area contributed by atoms with E-state index >= 15 is 0 Å². The number of carboxylic acids is 1. The number of hydrogen-bond acceptors (Lipinski definition) is 5. The van der Waals surface area contributed by atoms with Gasteiger partial charge in [0.1, 0.15) is 24.3 Å². The maximum Gasteiger partial charge on any atom is 0.352 e. The number of nitrogens with one attached hydrogen (secondary N) is 1. The quantitative estimate of drug-likeness (QED) is 0.189. The lowest BCUT2D eigenvalue weighted by atomic mass is 9.98. The van der Waals surface area contributed by atoms with Gasteiger partial charge < -0.3 is 24.3 Å². The summed E-state index contributed by atoms with van der Waals surface area (Å²) in [6, 6.07) is 20.1. The fourth-order valence-electron chi connectivity index (χ4n) is 5.71. The molecule has 1 aliphatic rings. The van der Waals surface area contributed by atoms with Crippen LogP contribution in [-0.4, -0.2) is 38.2 Å². The Morgan fingerprint density at radius 1 is 1.05 bits per heavy atom. The summed E-state index contributed by atoms with van der Waals surface area (Å²) in [4.78, 5) is 15.5. The van der Waals surface area contributed by atoms with Gasteiger partial charge in [0.2, 0.25) is 5.79 Å². The van der Waals surface area contributed by atoms with Gasteiger partial charge in [0.25, 0.3) is 0 Å². The van der Waals surface area contributed by atoms with Crippen molar-refractivity contribution in [3.05, 3.63) is 95.3 Å². The molecule has 0 bridgehead atoms. The van der Waals surface area contributed by atoms with E-state index in [1.165, 1.54) is 0 Å². The highest BCUT2D eigenvalue weighted by Crippen LogP contribution is 2.36. The zero-order chi connectivity index (χ0) is 28.7. The van der Waals surface area contributed by atoms with E-state index in [9.17, 15) is 9.90 Å². The minimum atomic E-state index is -0.978. The van der Waals surface area contributed by atoms with Crippen LogP contribution in [0.5, 0.6) is 5.75 Å². The van der Waals surface area contributed by atoms with Crippen LogP contribution in [0.1, 0.15) is 47.7 Å². The number of aromatic amines is 1. The van der Waals surface area contributed by atoms with Crippen LogP contribution in [0.2, 0.25) is 0 Å².